The van der Waals surface area contributed by atoms with Crippen molar-refractivity contribution in [3.63, 3.8) is 0 Å². The van der Waals surface area contributed by atoms with Crippen LogP contribution >= 0.6 is 11.3 Å². The molecule has 0 bridgehead atoms. The largest absolute Gasteiger partial charge is 0.338 e. The zero-order valence-corrected chi connectivity index (χ0v) is 13.0. The third-order valence-electron chi connectivity index (χ3n) is 4.07. The minimum absolute atomic E-state index is 0.0973. The van der Waals surface area contributed by atoms with Gasteiger partial charge in [-0.1, -0.05) is 31.6 Å². The number of rotatable bonds is 2. The molecule has 1 heterocycles. The van der Waals surface area contributed by atoms with Gasteiger partial charge in [0.05, 0.1) is 6.54 Å². The molecule has 1 fully saturated rings. The van der Waals surface area contributed by atoms with Crippen molar-refractivity contribution in [1.82, 2.24) is 4.90 Å². The monoisotopic (exact) mass is 290 g/mol. The third kappa shape index (κ3) is 3.23. The lowest BCUT2D eigenvalue weighted by atomic mass is 9.85. The van der Waals surface area contributed by atoms with E-state index in [4.69, 9.17) is 5.73 Å². The highest BCUT2D eigenvalue weighted by Crippen LogP contribution is 2.29. The van der Waals surface area contributed by atoms with Crippen molar-refractivity contribution in [2.45, 2.75) is 38.6 Å². The Morgan fingerprint density at radius 1 is 1.50 bits per heavy atom. The summed E-state index contributed by atoms with van der Waals surface area (Å²) in [7, 11) is 1.93. The summed E-state index contributed by atoms with van der Waals surface area (Å²) >= 11 is 1.47. The molecule has 0 spiro atoms. The zero-order chi connectivity index (χ0) is 14.5. The first kappa shape index (κ1) is 15.1. The van der Waals surface area contributed by atoms with Gasteiger partial charge in [-0.05, 0) is 30.2 Å². The van der Waals surface area contributed by atoms with E-state index in [-0.39, 0.29) is 5.91 Å². The standard InChI is InChI=1S/C16H22N2OS/c1-12-6-3-4-8-14(12)18(2)16(19)15-13(7-5-10-17)9-11-20-15/h9,11-12,14H,3-4,6,8,10,17H2,1-2H3. The van der Waals surface area contributed by atoms with Crippen LogP contribution in [0.1, 0.15) is 47.8 Å². The van der Waals surface area contributed by atoms with Gasteiger partial charge in [0.15, 0.2) is 0 Å². The number of hydrogen-bond acceptors (Lipinski definition) is 3. The lowest BCUT2D eigenvalue weighted by Gasteiger charge is -2.36. The molecule has 1 aliphatic rings. The fourth-order valence-electron chi connectivity index (χ4n) is 2.90. The second-order valence-electron chi connectivity index (χ2n) is 5.41. The lowest BCUT2D eigenvalue weighted by Crippen LogP contribution is -2.42. The minimum atomic E-state index is 0.0973. The summed E-state index contributed by atoms with van der Waals surface area (Å²) in [6, 6.07) is 2.26. The number of amides is 1. The molecule has 0 radical (unpaired) electrons. The first-order valence-corrected chi connectivity index (χ1v) is 8.06. The molecule has 0 saturated heterocycles. The number of nitrogens with zero attached hydrogens (tertiary/aromatic N) is 1. The molecule has 2 N–H and O–H groups in total. The van der Waals surface area contributed by atoms with Gasteiger partial charge in [0, 0.05) is 18.7 Å². The molecule has 2 rings (SSSR count). The van der Waals surface area contributed by atoms with Crippen molar-refractivity contribution in [3.8, 4) is 11.8 Å². The average molecular weight is 290 g/mol. The molecule has 1 saturated carbocycles. The van der Waals surface area contributed by atoms with Crippen LogP contribution in [0.15, 0.2) is 11.4 Å². The third-order valence-corrected chi connectivity index (χ3v) is 4.97. The van der Waals surface area contributed by atoms with Crippen molar-refractivity contribution < 1.29 is 4.79 Å². The summed E-state index contributed by atoms with van der Waals surface area (Å²) in [5.41, 5.74) is 6.21. The maximum atomic E-state index is 12.7. The number of carbonyl (C=O) groups excluding carboxylic acids is 1. The summed E-state index contributed by atoms with van der Waals surface area (Å²) in [6.45, 7) is 2.57. The molecular weight excluding hydrogens is 268 g/mol. The van der Waals surface area contributed by atoms with Crippen LogP contribution in [-0.2, 0) is 0 Å². The normalized spacial score (nSPS) is 21.9. The van der Waals surface area contributed by atoms with Gasteiger partial charge in [-0.15, -0.1) is 11.3 Å². The van der Waals surface area contributed by atoms with E-state index < -0.39 is 0 Å². The molecule has 2 atom stereocenters. The highest BCUT2D eigenvalue weighted by molar-refractivity contribution is 7.12. The van der Waals surface area contributed by atoms with Crippen LogP contribution < -0.4 is 5.73 Å². The summed E-state index contributed by atoms with van der Waals surface area (Å²) in [4.78, 5) is 15.3. The summed E-state index contributed by atoms with van der Waals surface area (Å²) in [5, 5.41) is 1.92. The summed E-state index contributed by atoms with van der Waals surface area (Å²) < 4.78 is 0. The van der Waals surface area contributed by atoms with Gasteiger partial charge in [0.1, 0.15) is 4.88 Å². The Kier molecular flexibility index (Phi) is 5.22. The Morgan fingerprint density at radius 2 is 2.25 bits per heavy atom. The Balaban J connectivity index is 2.16. The van der Waals surface area contributed by atoms with Crippen molar-refractivity contribution in [1.29, 1.82) is 0 Å². The zero-order valence-electron chi connectivity index (χ0n) is 12.2. The van der Waals surface area contributed by atoms with Gasteiger partial charge >= 0.3 is 0 Å². The Morgan fingerprint density at radius 3 is 2.95 bits per heavy atom. The van der Waals surface area contributed by atoms with Crippen LogP contribution in [0.4, 0.5) is 0 Å². The molecule has 4 heteroatoms. The van der Waals surface area contributed by atoms with E-state index in [2.05, 4.69) is 18.8 Å². The number of thiophene rings is 1. The number of hydrogen-bond donors (Lipinski definition) is 1. The van der Waals surface area contributed by atoms with Crippen molar-refractivity contribution in [3.05, 3.63) is 21.9 Å². The maximum absolute atomic E-state index is 12.7. The molecular formula is C16H22N2OS. The molecule has 1 aromatic rings. The van der Waals surface area contributed by atoms with Crippen LogP contribution in [0.5, 0.6) is 0 Å². The Bertz CT molecular complexity index is 526. The van der Waals surface area contributed by atoms with Crippen LogP contribution in [-0.4, -0.2) is 30.4 Å². The molecule has 1 aliphatic carbocycles. The first-order chi connectivity index (χ1) is 9.65. The molecule has 1 aromatic heterocycles. The highest BCUT2D eigenvalue weighted by atomic mass is 32.1. The van der Waals surface area contributed by atoms with E-state index in [1.165, 1.54) is 30.6 Å². The molecule has 0 aliphatic heterocycles. The predicted molar refractivity (Wildman–Crippen MR) is 83.8 cm³/mol. The highest BCUT2D eigenvalue weighted by Gasteiger charge is 2.29. The fraction of sp³-hybridized carbons (Fsp3) is 0.562. The predicted octanol–water partition coefficient (Wildman–Crippen LogP) is 2.71. The van der Waals surface area contributed by atoms with Crippen molar-refractivity contribution in [2.24, 2.45) is 11.7 Å². The van der Waals surface area contributed by atoms with Gasteiger partial charge in [-0.25, -0.2) is 0 Å². The van der Waals surface area contributed by atoms with Crippen molar-refractivity contribution in [2.75, 3.05) is 13.6 Å². The Labute approximate surface area is 125 Å². The second kappa shape index (κ2) is 6.92. The first-order valence-electron chi connectivity index (χ1n) is 7.18. The van der Waals surface area contributed by atoms with Gasteiger partial charge in [-0.3, -0.25) is 4.79 Å². The SMILES string of the molecule is CC1CCCCC1N(C)C(=O)c1sccc1C#CCN. The topological polar surface area (TPSA) is 46.3 Å². The summed E-state index contributed by atoms with van der Waals surface area (Å²) in [6.07, 6.45) is 4.83. The fourth-order valence-corrected chi connectivity index (χ4v) is 3.73. The van der Waals surface area contributed by atoms with Crippen LogP contribution in [0.2, 0.25) is 0 Å². The molecule has 2 unspecified atom stereocenters. The van der Waals surface area contributed by atoms with Crippen LogP contribution in [0.25, 0.3) is 0 Å². The van der Waals surface area contributed by atoms with Gasteiger partial charge in [-0.2, -0.15) is 0 Å². The number of carbonyl (C=O) groups is 1. The lowest BCUT2D eigenvalue weighted by molar-refractivity contribution is 0.0633. The average Bonchev–Trinajstić information content (AvgIpc) is 2.92. The molecule has 3 nitrogen and oxygen atoms in total. The van der Waals surface area contributed by atoms with Crippen LogP contribution in [0, 0.1) is 17.8 Å². The number of nitrogens with two attached hydrogens (primary N) is 1. The Hall–Kier alpha value is -1.31. The van der Waals surface area contributed by atoms with Gasteiger partial charge < -0.3 is 10.6 Å². The molecule has 20 heavy (non-hydrogen) atoms. The van der Waals surface area contributed by atoms with E-state index in [0.717, 1.165) is 16.9 Å². The second-order valence-corrected chi connectivity index (χ2v) is 6.33. The van der Waals surface area contributed by atoms with E-state index in [1.54, 1.807) is 0 Å². The van der Waals surface area contributed by atoms with E-state index in [1.807, 2.05) is 23.4 Å². The van der Waals surface area contributed by atoms with Gasteiger partial charge in [0.2, 0.25) is 0 Å². The molecule has 1 amide bonds. The van der Waals surface area contributed by atoms with E-state index >= 15 is 0 Å². The maximum Gasteiger partial charge on any atom is 0.265 e. The summed E-state index contributed by atoms with van der Waals surface area (Å²) in [5.74, 6) is 6.49. The van der Waals surface area contributed by atoms with E-state index in [0.29, 0.717) is 18.5 Å². The van der Waals surface area contributed by atoms with Gasteiger partial charge in [0.25, 0.3) is 5.91 Å². The molecule has 0 aromatic carbocycles. The quantitative estimate of drug-likeness (QED) is 0.851. The van der Waals surface area contributed by atoms with E-state index in [9.17, 15) is 4.79 Å². The van der Waals surface area contributed by atoms with Crippen LogP contribution in [0.3, 0.4) is 0 Å². The smallest absolute Gasteiger partial charge is 0.265 e. The molecule has 108 valence electrons. The van der Waals surface area contributed by atoms with Crippen molar-refractivity contribution >= 4 is 17.2 Å². The minimum Gasteiger partial charge on any atom is -0.338 e.